The zero-order chi connectivity index (χ0) is 20.0. The summed E-state index contributed by atoms with van der Waals surface area (Å²) in [6.45, 7) is 7.28. The van der Waals surface area contributed by atoms with E-state index in [1.54, 1.807) is 0 Å². The molecular weight excluding hydrogens is 328 g/mol. The molecule has 0 aliphatic rings. The van der Waals surface area contributed by atoms with Gasteiger partial charge in [0.25, 0.3) is 0 Å². The van der Waals surface area contributed by atoms with Crippen molar-refractivity contribution in [2.45, 2.75) is 149 Å². The summed E-state index contributed by atoms with van der Waals surface area (Å²) in [5.74, 6) is 1.45. The highest BCUT2D eigenvalue weighted by molar-refractivity contribution is 4.56. The van der Waals surface area contributed by atoms with E-state index < -0.39 is 0 Å². The maximum atomic E-state index is 9.01. The van der Waals surface area contributed by atoms with Crippen molar-refractivity contribution in [1.29, 1.82) is 0 Å². The van der Waals surface area contributed by atoms with E-state index in [1.165, 1.54) is 128 Å². The van der Waals surface area contributed by atoms with Crippen molar-refractivity contribution in [2.75, 3.05) is 6.61 Å². The summed E-state index contributed by atoms with van der Waals surface area (Å²) in [5.41, 5.74) is 0. The van der Waals surface area contributed by atoms with Gasteiger partial charge in [-0.25, -0.2) is 0 Å². The minimum Gasteiger partial charge on any atom is -0.396 e. The predicted octanol–water partition coefficient (Wildman–Crippen LogP) is 9.07. The summed E-state index contributed by atoms with van der Waals surface area (Å²) in [4.78, 5) is 0. The van der Waals surface area contributed by atoms with Crippen LogP contribution >= 0.6 is 0 Å². The van der Waals surface area contributed by atoms with E-state index in [4.69, 9.17) is 5.11 Å². The van der Waals surface area contributed by atoms with Crippen molar-refractivity contribution in [3.8, 4) is 0 Å². The molecule has 164 valence electrons. The maximum Gasteiger partial charge on any atom is 0.0456 e. The second kappa shape index (κ2) is 22.3. The fourth-order valence-electron chi connectivity index (χ4n) is 4.09. The topological polar surface area (TPSA) is 20.2 Å². The fraction of sp³-hybridized carbons (Fsp3) is 1.00. The van der Waals surface area contributed by atoms with Crippen molar-refractivity contribution in [2.24, 2.45) is 11.8 Å². The highest BCUT2D eigenvalue weighted by atomic mass is 16.3. The third-order valence-electron chi connectivity index (χ3n) is 6.26. The Balaban J connectivity index is 3.15. The summed E-state index contributed by atoms with van der Waals surface area (Å²) in [6.07, 6.45) is 28.4. The van der Waals surface area contributed by atoms with Crippen LogP contribution in [-0.2, 0) is 0 Å². The Morgan fingerprint density at radius 1 is 0.444 bits per heavy atom. The van der Waals surface area contributed by atoms with Crippen molar-refractivity contribution in [1.82, 2.24) is 0 Å². The second-order valence-electron chi connectivity index (χ2n) is 9.42. The predicted molar refractivity (Wildman–Crippen MR) is 123 cm³/mol. The van der Waals surface area contributed by atoms with Gasteiger partial charge in [0.1, 0.15) is 0 Å². The van der Waals surface area contributed by atoms with Gasteiger partial charge in [-0.1, -0.05) is 143 Å². The number of aliphatic hydroxyl groups excluding tert-OH is 1. The van der Waals surface area contributed by atoms with Crippen LogP contribution < -0.4 is 0 Å². The van der Waals surface area contributed by atoms with Crippen LogP contribution in [0.1, 0.15) is 149 Å². The van der Waals surface area contributed by atoms with Crippen LogP contribution in [0.25, 0.3) is 0 Å². The number of unbranched alkanes of at least 4 members (excludes halogenated alkanes) is 15. The Morgan fingerprint density at radius 2 is 0.741 bits per heavy atom. The van der Waals surface area contributed by atoms with Gasteiger partial charge in [-0.15, -0.1) is 0 Å². The largest absolute Gasteiger partial charge is 0.396 e. The molecule has 0 radical (unpaired) electrons. The van der Waals surface area contributed by atoms with Crippen LogP contribution in [0.3, 0.4) is 0 Å². The second-order valence-corrected chi connectivity index (χ2v) is 9.42. The summed E-state index contributed by atoms with van der Waals surface area (Å²) in [7, 11) is 0. The van der Waals surface area contributed by atoms with Crippen molar-refractivity contribution in [3.63, 3.8) is 0 Å². The van der Waals surface area contributed by atoms with E-state index in [1.807, 2.05) is 0 Å². The zero-order valence-corrected chi connectivity index (χ0v) is 19.5. The van der Waals surface area contributed by atoms with E-state index >= 15 is 0 Å². The molecule has 0 saturated carbocycles. The third kappa shape index (κ3) is 22.1. The minimum absolute atomic E-state index is 0.359. The lowest BCUT2D eigenvalue weighted by Crippen LogP contribution is -1.99. The van der Waals surface area contributed by atoms with Crippen LogP contribution in [0.5, 0.6) is 0 Å². The molecule has 0 rings (SSSR count). The molecule has 0 amide bonds. The zero-order valence-electron chi connectivity index (χ0n) is 19.5. The first kappa shape index (κ1) is 27.0. The molecule has 1 nitrogen and oxygen atoms in total. The van der Waals surface area contributed by atoms with Crippen LogP contribution in [0.2, 0.25) is 0 Å². The Bertz CT molecular complexity index is 263. The Hall–Kier alpha value is -0.0400. The van der Waals surface area contributed by atoms with Gasteiger partial charge in [0, 0.05) is 6.61 Å². The van der Waals surface area contributed by atoms with Crippen molar-refractivity contribution >= 4 is 0 Å². The molecule has 1 N–H and O–H groups in total. The Morgan fingerprint density at radius 3 is 1.07 bits per heavy atom. The molecule has 0 aromatic carbocycles. The van der Waals surface area contributed by atoms with E-state index in [2.05, 4.69) is 20.8 Å². The molecular formula is C26H54O. The van der Waals surface area contributed by atoms with Crippen molar-refractivity contribution < 1.29 is 5.11 Å². The lowest BCUT2D eigenvalue weighted by atomic mass is 9.95. The van der Waals surface area contributed by atoms with E-state index in [0.717, 1.165) is 5.92 Å². The first-order chi connectivity index (χ1) is 13.2. The van der Waals surface area contributed by atoms with Crippen molar-refractivity contribution in [3.05, 3.63) is 0 Å². The average molecular weight is 383 g/mol. The van der Waals surface area contributed by atoms with E-state index in [9.17, 15) is 0 Å². The minimum atomic E-state index is 0.359. The molecule has 27 heavy (non-hydrogen) atoms. The number of rotatable bonds is 22. The first-order valence-electron chi connectivity index (χ1n) is 12.8. The van der Waals surface area contributed by atoms with E-state index in [0.29, 0.717) is 12.5 Å². The average Bonchev–Trinajstić information content (AvgIpc) is 2.67. The van der Waals surface area contributed by atoms with Gasteiger partial charge >= 0.3 is 0 Å². The molecule has 0 aromatic rings. The highest BCUT2D eigenvalue weighted by Gasteiger charge is 2.02. The molecule has 0 heterocycles. The summed E-state index contributed by atoms with van der Waals surface area (Å²) < 4.78 is 0. The third-order valence-corrected chi connectivity index (χ3v) is 6.26. The molecule has 0 spiro atoms. The Labute approximate surface area is 173 Å². The summed E-state index contributed by atoms with van der Waals surface area (Å²) >= 11 is 0. The Kier molecular flexibility index (Phi) is 22.2. The summed E-state index contributed by atoms with van der Waals surface area (Å²) in [6, 6.07) is 0. The van der Waals surface area contributed by atoms with Crippen LogP contribution in [0.15, 0.2) is 0 Å². The van der Waals surface area contributed by atoms with Gasteiger partial charge in [0.05, 0.1) is 0 Å². The molecule has 0 saturated heterocycles. The monoisotopic (exact) mass is 382 g/mol. The SMILES string of the molecule is CCCCCCCCCC[C@@H](C)CCCCCCCCCCC[C@H](C)CO. The lowest BCUT2D eigenvalue weighted by Gasteiger charge is -2.11. The molecule has 0 unspecified atom stereocenters. The molecule has 0 aromatic heterocycles. The lowest BCUT2D eigenvalue weighted by molar-refractivity contribution is 0.227. The van der Waals surface area contributed by atoms with Crippen LogP contribution in [0, 0.1) is 11.8 Å². The quantitative estimate of drug-likeness (QED) is 0.185. The van der Waals surface area contributed by atoms with E-state index in [-0.39, 0.29) is 0 Å². The molecule has 2 atom stereocenters. The van der Waals surface area contributed by atoms with Gasteiger partial charge in [-0.2, -0.15) is 0 Å². The normalized spacial score (nSPS) is 13.8. The van der Waals surface area contributed by atoms with Gasteiger partial charge in [0.2, 0.25) is 0 Å². The highest BCUT2D eigenvalue weighted by Crippen LogP contribution is 2.19. The van der Waals surface area contributed by atoms with Gasteiger partial charge < -0.3 is 5.11 Å². The maximum absolute atomic E-state index is 9.01. The standard InChI is InChI=1S/C26H54O/c1-4-5-6-7-8-12-15-18-21-25(2)22-19-16-13-10-9-11-14-17-20-23-26(3)24-27/h25-27H,4-24H2,1-3H3/t25-,26+/m1/s1. The van der Waals surface area contributed by atoms with Gasteiger partial charge in [-0.05, 0) is 18.3 Å². The number of hydrogen-bond donors (Lipinski definition) is 1. The number of hydrogen-bond acceptors (Lipinski definition) is 1. The number of aliphatic hydroxyl groups is 1. The molecule has 0 bridgehead atoms. The van der Waals surface area contributed by atoms with Gasteiger partial charge in [0.15, 0.2) is 0 Å². The fourth-order valence-corrected chi connectivity index (χ4v) is 4.09. The molecule has 0 fully saturated rings. The summed E-state index contributed by atoms with van der Waals surface area (Å²) in [5, 5.41) is 9.01. The first-order valence-corrected chi connectivity index (χ1v) is 12.8. The van der Waals surface area contributed by atoms with Crippen LogP contribution in [-0.4, -0.2) is 11.7 Å². The van der Waals surface area contributed by atoms with Gasteiger partial charge in [-0.3, -0.25) is 0 Å². The molecule has 0 aliphatic carbocycles. The smallest absolute Gasteiger partial charge is 0.0456 e. The molecule has 0 aliphatic heterocycles. The molecule has 1 heteroatoms. The van der Waals surface area contributed by atoms with Crippen LogP contribution in [0.4, 0.5) is 0 Å².